The topological polar surface area (TPSA) is 17.1 Å². The van der Waals surface area contributed by atoms with E-state index in [0.29, 0.717) is 5.78 Å². The molecule has 0 amide bonds. The summed E-state index contributed by atoms with van der Waals surface area (Å²) in [6, 6.07) is 10.3. The van der Waals surface area contributed by atoms with Gasteiger partial charge in [0, 0.05) is 5.92 Å². The van der Waals surface area contributed by atoms with Crippen molar-refractivity contribution in [3.05, 3.63) is 48.0 Å². The monoisotopic (exact) mass is 186 g/mol. The van der Waals surface area contributed by atoms with E-state index in [4.69, 9.17) is 0 Å². The second-order valence-electron chi connectivity index (χ2n) is 3.76. The third-order valence-electron chi connectivity index (χ3n) is 2.73. The number of benzene rings is 1. The molecule has 0 fully saturated rings. The second-order valence-corrected chi connectivity index (χ2v) is 3.76. The molecule has 0 unspecified atom stereocenters. The van der Waals surface area contributed by atoms with E-state index in [1.54, 1.807) is 6.08 Å². The van der Waals surface area contributed by atoms with Crippen molar-refractivity contribution < 1.29 is 4.79 Å². The highest BCUT2D eigenvalue weighted by Crippen LogP contribution is 2.20. The van der Waals surface area contributed by atoms with Gasteiger partial charge in [-0.2, -0.15) is 0 Å². The average Bonchev–Trinajstić information content (AvgIpc) is 2.63. The molecule has 1 aliphatic rings. The first-order valence-corrected chi connectivity index (χ1v) is 5.10. The summed E-state index contributed by atoms with van der Waals surface area (Å²) in [5.41, 5.74) is 1.33. The molecule has 2 rings (SSSR count). The van der Waals surface area contributed by atoms with Crippen LogP contribution < -0.4 is 0 Å². The van der Waals surface area contributed by atoms with Gasteiger partial charge in [-0.25, -0.2) is 0 Å². The van der Waals surface area contributed by atoms with Gasteiger partial charge in [0.15, 0.2) is 5.78 Å². The molecule has 0 spiro atoms. The van der Waals surface area contributed by atoms with Crippen LogP contribution >= 0.6 is 0 Å². The first-order valence-electron chi connectivity index (χ1n) is 5.10. The molecule has 0 radical (unpaired) electrons. The van der Waals surface area contributed by atoms with E-state index in [2.05, 4.69) is 12.1 Å². The van der Waals surface area contributed by atoms with Crippen molar-refractivity contribution in [2.75, 3.05) is 0 Å². The van der Waals surface area contributed by atoms with Crippen LogP contribution in [-0.2, 0) is 11.2 Å². The molecule has 0 aromatic heterocycles. The van der Waals surface area contributed by atoms with E-state index >= 15 is 0 Å². The van der Waals surface area contributed by atoms with Gasteiger partial charge in [0.25, 0.3) is 0 Å². The van der Waals surface area contributed by atoms with Crippen LogP contribution in [0.15, 0.2) is 42.5 Å². The number of aryl methyl sites for hydroxylation is 1. The Balaban J connectivity index is 1.86. The first-order chi connectivity index (χ1) is 6.86. The second kappa shape index (κ2) is 4.23. The Labute approximate surface area is 84.5 Å². The van der Waals surface area contributed by atoms with Gasteiger partial charge in [-0.05, 0) is 30.9 Å². The van der Waals surface area contributed by atoms with Gasteiger partial charge in [-0.15, -0.1) is 0 Å². The van der Waals surface area contributed by atoms with Gasteiger partial charge < -0.3 is 0 Å². The lowest BCUT2D eigenvalue weighted by atomic mass is 9.97. The Kier molecular flexibility index (Phi) is 2.78. The molecule has 0 bridgehead atoms. The number of ketones is 1. The van der Waals surface area contributed by atoms with Gasteiger partial charge in [0.05, 0.1) is 0 Å². The summed E-state index contributed by atoms with van der Waals surface area (Å²) in [5, 5.41) is 0. The predicted octanol–water partition coefficient (Wildman–Crippen LogP) is 2.76. The highest BCUT2D eigenvalue weighted by atomic mass is 16.1. The zero-order chi connectivity index (χ0) is 9.80. The van der Waals surface area contributed by atoms with Crippen LogP contribution in [0.2, 0.25) is 0 Å². The third-order valence-corrected chi connectivity index (χ3v) is 2.73. The lowest BCUT2D eigenvalue weighted by Crippen LogP contribution is -2.07. The molecule has 1 atom stereocenters. The van der Waals surface area contributed by atoms with Crippen molar-refractivity contribution in [3.63, 3.8) is 0 Å². The van der Waals surface area contributed by atoms with Crippen LogP contribution in [0.5, 0.6) is 0 Å². The maximum absolute atomic E-state index is 11.3. The standard InChI is InChI=1S/C13H14O/c14-13-8-4-7-12(13)10-9-11-5-2-1-3-6-11/h1-6,8,12H,7,9-10H2/t12-/m1/s1. The molecule has 14 heavy (non-hydrogen) atoms. The molecule has 0 heterocycles. The Morgan fingerprint density at radius 2 is 2.00 bits per heavy atom. The van der Waals surface area contributed by atoms with Gasteiger partial charge in [0.1, 0.15) is 0 Å². The Morgan fingerprint density at radius 3 is 2.64 bits per heavy atom. The molecular formula is C13H14O. The molecule has 1 nitrogen and oxygen atoms in total. The first kappa shape index (κ1) is 9.20. The predicted molar refractivity (Wildman–Crippen MR) is 57.0 cm³/mol. The van der Waals surface area contributed by atoms with Crippen LogP contribution in [0.3, 0.4) is 0 Å². The van der Waals surface area contributed by atoms with Crippen LogP contribution in [0.4, 0.5) is 0 Å². The average molecular weight is 186 g/mol. The highest BCUT2D eigenvalue weighted by Gasteiger charge is 2.18. The van der Waals surface area contributed by atoms with E-state index in [9.17, 15) is 4.79 Å². The fourth-order valence-electron chi connectivity index (χ4n) is 1.85. The molecule has 0 saturated carbocycles. The Bertz CT molecular complexity index is 338. The normalized spacial score (nSPS) is 20.3. The minimum Gasteiger partial charge on any atom is -0.295 e. The van der Waals surface area contributed by atoms with Gasteiger partial charge in [0.2, 0.25) is 0 Å². The largest absolute Gasteiger partial charge is 0.295 e. The minimum atomic E-state index is 0.246. The third kappa shape index (κ3) is 2.11. The Hall–Kier alpha value is -1.37. The summed E-state index contributed by atoms with van der Waals surface area (Å²) < 4.78 is 0. The lowest BCUT2D eigenvalue weighted by Gasteiger charge is -2.07. The molecule has 0 saturated heterocycles. The number of carbonyl (C=O) groups is 1. The van der Waals surface area contributed by atoms with Crippen molar-refractivity contribution in [1.82, 2.24) is 0 Å². The van der Waals surface area contributed by atoms with Crippen molar-refractivity contribution >= 4 is 5.78 Å². The summed E-state index contributed by atoms with van der Waals surface area (Å²) in [4.78, 5) is 11.3. The number of hydrogen-bond acceptors (Lipinski definition) is 1. The van der Waals surface area contributed by atoms with Crippen LogP contribution in [0.25, 0.3) is 0 Å². The fourth-order valence-corrected chi connectivity index (χ4v) is 1.85. The van der Waals surface area contributed by atoms with Crippen molar-refractivity contribution in [1.29, 1.82) is 0 Å². The fraction of sp³-hybridized carbons (Fsp3) is 0.308. The summed E-state index contributed by atoms with van der Waals surface area (Å²) in [6.45, 7) is 0. The zero-order valence-electron chi connectivity index (χ0n) is 8.15. The molecule has 0 N–H and O–H groups in total. The van der Waals surface area contributed by atoms with Crippen molar-refractivity contribution in [2.45, 2.75) is 19.3 Å². The number of rotatable bonds is 3. The van der Waals surface area contributed by atoms with E-state index in [1.165, 1.54) is 5.56 Å². The SMILES string of the molecule is O=C1C=CC[C@@H]1CCc1ccccc1. The maximum atomic E-state index is 11.3. The van der Waals surface area contributed by atoms with Gasteiger partial charge in [-0.3, -0.25) is 4.79 Å². The molecule has 1 aromatic rings. The minimum absolute atomic E-state index is 0.246. The number of allylic oxidation sites excluding steroid dienone is 2. The lowest BCUT2D eigenvalue weighted by molar-refractivity contribution is -0.117. The smallest absolute Gasteiger partial charge is 0.158 e. The van der Waals surface area contributed by atoms with E-state index in [-0.39, 0.29) is 5.92 Å². The molecule has 1 heteroatoms. The Morgan fingerprint density at radius 1 is 1.21 bits per heavy atom. The summed E-state index contributed by atoms with van der Waals surface area (Å²) >= 11 is 0. The van der Waals surface area contributed by atoms with Crippen molar-refractivity contribution in [2.24, 2.45) is 5.92 Å². The van der Waals surface area contributed by atoms with Crippen LogP contribution in [0.1, 0.15) is 18.4 Å². The van der Waals surface area contributed by atoms with Gasteiger partial charge in [-0.1, -0.05) is 36.4 Å². The van der Waals surface area contributed by atoms with Gasteiger partial charge >= 0.3 is 0 Å². The molecule has 72 valence electrons. The molecule has 1 aromatic carbocycles. The summed E-state index contributed by atoms with van der Waals surface area (Å²) in [6.07, 6.45) is 6.63. The molecule has 1 aliphatic carbocycles. The summed E-state index contributed by atoms with van der Waals surface area (Å²) in [7, 11) is 0. The number of hydrogen-bond donors (Lipinski definition) is 0. The number of carbonyl (C=O) groups excluding carboxylic acids is 1. The van der Waals surface area contributed by atoms with E-state index < -0.39 is 0 Å². The van der Waals surface area contributed by atoms with E-state index in [0.717, 1.165) is 19.3 Å². The molecular weight excluding hydrogens is 172 g/mol. The summed E-state index contributed by atoms with van der Waals surface area (Å²) in [5.74, 6) is 0.552. The van der Waals surface area contributed by atoms with Crippen molar-refractivity contribution in [3.8, 4) is 0 Å². The molecule has 0 aliphatic heterocycles. The maximum Gasteiger partial charge on any atom is 0.158 e. The van der Waals surface area contributed by atoms with Crippen LogP contribution in [-0.4, -0.2) is 5.78 Å². The quantitative estimate of drug-likeness (QED) is 0.709. The zero-order valence-corrected chi connectivity index (χ0v) is 8.15. The highest BCUT2D eigenvalue weighted by molar-refractivity contribution is 5.93. The van der Waals surface area contributed by atoms with Crippen LogP contribution in [0, 0.1) is 5.92 Å². The van der Waals surface area contributed by atoms with E-state index in [1.807, 2.05) is 24.3 Å².